The number of aromatic amines is 1. The number of likely N-dealkylation sites (tertiary alicyclic amines) is 1. The number of aromatic nitrogens is 3. The second kappa shape index (κ2) is 6.22. The molecule has 1 aromatic carbocycles. The second-order valence-corrected chi connectivity index (χ2v) is 6.09. The van der Waals surface area contributed by atoms with Crippen LogP contribution in [0.25, 0.3) is 0 Å². The zero-order valence-corrected chi connectivity index (χ0v) is 12.9. The van der Waals surface area contributed by atoms with Crippen molar-refractivity contribution >= 4 is 23.2 Å². The molecule has 112 valence electrons. The Morgan fingerprint density at radius 2 is 2.24 bits per heavy atom. The van der Waals surface area contributed by atoms with Gasteiger partial charge in [-0.15, -0.1) is 0 Å². The van der Waals surface area contributed by atoms with Gasteiger partial charge in [-0.25, -0.2) is 4.98 Å². The summed E-state index contributed by atoms with van der Waals surface area (Å²) in [5, 5.41) is 17.5. The van der Waals surface area contributed by atoms with Gasteiger partial charge in [0.1, 0.15) is 17.9 Å². The average molecular weight is 327 g/mol. The topological polar surface area (TPSA) is 65.0 Å². The third kappa shape index (κ3) is 3.15. The number of phenolic OH excluding ortho intramolecular Hbond substituents is 1. The number of rotatable bonds is 3. The molecule has 3 rings (SSSR count). The number of aromatic hydroxyl groups is 1. The molecule has 0 aliphatic carbocycles. The maximum Gasteiger partial charge on any atom is 0.137 e. The summed E-state index contributed by atoms with van der Waals surface area (Å²) in [5.41, 5.74) is 0.775. The molecule has 1 atom stereocenters. The summed E-state index contributed by atoms with van der Waals surface area (Å²) in [5.74, 6) is 1.34. The fourth-order valence-electron chi connectivity index (χ4n) is 2.79. The lowest BCUT2D eigenvalue weighted by atomic mass is 9.97. The lowest BCUT2D eigenvalue weighted by Gasteiger charge is -2.32. The van der Waals surface area contributed by atoms with E-state index in [0.717, 1.165) is 37.3 Å². The normalized spacial score (nSPS) is 19.8. The number of nitrogens with zero attached hydrogens (tertiary/aromatic N) is 3. The third-order valence-electron chi connectivity index (χ3n) is 3.87. The van der Waals surface area contributed by atoms with E-state index >= 15 is 0 Å². The zero-order valence-electron chi connectivity index (χ0n) is 11.4. The molecule has 1 aromatic heterocycles. The Kier molecular flexibility index (Phi) is 4.33. The zero-order chi connectivity index (χ0) is 14.8. The van der Waals surface area contributed by atoms with Crippen molar-refractivity contribution in [1.82, 2.24) is 20.1 Å². The van der Waals surface area contributed by atoms with Crippen molar-refractivity contribution in [3.8, 4) is 5.75 Å². The van der Waals surface area contributed by atoms with Crippen molar-refractivity contribution in [3.05, 3.63) is 39.9 Å². The standard InChI is InChI=1S/C14H16Cl2N4O/c15-11-3-4-12(21)13(16)10(11)7-20-5-1-2-9(6-20)14-17-8-18-19-14/h3-4,8-9,21H,1-2,5-7H2,(H,17,18,19)/t9-/m0/s1. The number of halogens is 2. The van der Waals surface area contributed by atoms with E-state index in [1.54, 1.807) is 6.07 Å². The first-order chi connectivity index (χ1) is 10.1. The Labute approximate surface area is 132 Å². The molecular weight excluding hydrogens is 311 g/mol. The molecule has 0 spiro atoms. The predicted octanol–water partition coefficient (Wildman–Crippen LogP) is 3.20. The Morgan fingerprint density at radius 1 is 1.38 bits per heavy atom. The van der Waals surface area contributed by atoms with Gasteiger partial charge in [-0.05, 0) is 31.5 Å². The SMILES string of the molecule is Oc1ccc(Cl)c(CN2CCC[C@H](c3ncn[nH]3)C2)c1Cl. The highest BCUT2D eigenvalue weighted by Gasteiger charge is 2.24. The van der Waals surface area contributed by atoms with Crippen LogP contribution in [0.1, 0.15) is 30.1 Å². The molecule has 5 nitrogen and oxygen atoms in total. The molecule has 0 bridgehead atoms. The number of hydrogen-bond acceptors (Lipinski definition) is 4. The Bertz CT molecular complexity index is 618. The second-order valence-electron chi connectivity index (χ2n) is 5.30. The molecule has 0 amide bonds. The summed E-state index contributed by atoms with van der Waals surface area (Å²) < 4.78 is 0. The van der Waals surface area contributed by atoms with E-state index < -0.39 is 0 Å². The fourth-order valence-corrected chi connectivity index (χ4v) is 3.28. The number of benzene rings is 1. The van der Waals surface area contributed by atoms with Crippen molar-refractivity contribution in [2.24, 2.45) is 0 Å². The highest BCUT2D eigenvalue weighted by Crippen LogP contribution is 2.34. The van der Waals surface area contributed by atoms with Gasteiger partial charge in [0, 0.05) is 29.6 Å². The third-order valence-corrected chi connectivity index (χ3v) is 4.65. The first-order valence-corrected chi connectivity index (χ1v) is 7.64. The van der Waals surface area contributed by atoms with Gasteiger partial charge >= 0.3 is 0 Å². The number of nitrogens with one attached hydrogen (secondary N) is 1. The van der Waals surface area contributed by atoms with E-state index in [0.29, 0.717) is 22.5 Å². The molecule has 21 heavy (non-hydrogen) atoms. The first kappa shape index (κ1) is 14.6. The monoisotopic (exact) mass is 326 g/mol. The van der Waals surface area contributed by atoms with Crippen LogP contribution in [0.5, 0.6) is 5.75 Å². The molecule has 1 aliphatic rings. The molecule has 1 aliphatic heterocycles. The van der Waals surface area contributed by atoms with Gasteiger partial charge in [0.05, 0.1) is 5.02 Å². The summed E-state index contributed by atoms with van der Waals surface area (Å²) in [7, 11) is 0. The minimum Gasteiger partial charge on any atom is -0.506 e. The van der Waals surface area contributed by atoms with Crippen LogP contribution in [-0.4, -0.2) is 38.3 Å². The van der Waals surface area contributed by atoms with Gasteiger partial charge in [-0.3, -0.25) is 10.00 Å². The first-order valence-electron chi connectivity index (χ1n) is 6.88. The number of H-pyrrole nitrogens is 1. The van der Waals surface area contributed by atoms with Crippen LogP contribution in [0.15, 0.2) is 18.5 Å². The van der Waals surface area contributed by atoms with Crippen LogP contribution in [-0.2, 0) is 6.54 Å². The molecule has 2 N–H and O–H groups in total. The molecule has 0 saturated carbocycles. The number of piperidine rings is 1. The average Bonchev–Trinajstić information content (AvgIpc) is 3.02. The summed E-state index contributed by atoms with van der Waals surface area (Å²) in [6, 6.07) is 3.19. The van der Waals surface area contributed by atoms with E-state index in [2.05, 4.69) is 20.1 Å². The van der Waals surface area contributed by atoms with Gasteiger partial charge in [-0.1, -0.05) is 23.2 Å². The highest BCUT2D eigenvalue weighted by atomic mass is 35.5. The van der Waals surface area contributed by atoms with Gasteiger partial charge in [0.15, 0.2) is 0 Å². The lowest BCUT2D eigenvalue weighted by molar-refractivity contribution is 0.196. The molecule has 1 saturated heterocycles. The van der Waals surface area contributed by atoms with Crippen LogP contribution in [0, 0.1) is 0 Å². The quantitative estimate of drug-likeness (QED) is 0.909. The summed E-state index contributed by atoms with van der Waals surface area (Å²) >= 11 is 12.4. The van der Waals surface area contributed by atoms with Crippen LogP contribution in [0.3, 0.4) is 0 Å². The summed E-state index contributed by atoms with van der Waals surface area (Å²) in [4.78, 5) is 6.53. The van der Waals surface area contributed by atoms with E-state index in [-0.39, 0.29) is 5.75 Å². The van der Waals surface area contributed by atoms with Gasteiger partial charge < -0.3 is 5.11 Å². The van der Waals surface area contributed by atoms with E-state index in [1.807, 2.05) is 0 Å². The molecule has 2 aromatic rings. The maximum atomic E-state index is 9.72. The Hall–Kier alpha value is -1.30. The van der Waals surface area contributed by atoms with Crippen molar-refractivity contribution in [2.75, 3.05) is 13.1 Å². The molecule has 1 fully saturated rings. The van der Waals surface area contributed by atoms with Crippen LogP contribution < -0.4 is 0 Å². The van der Waals surface area contributed by atoms with Crippen molar-refractivity contribution in [2.45, 2.75) is 25.3 Å². The lowest BCUT2D eigenvalue weighted by Crippen LogP contribution is -2.34. The summed E-state index contributed by atoms with van der Waals surface area (Å²) in [6.07, 6.45) is 3.71. The van der Waals surface area contributed by atoms with Crippen molar-refractivity contribution in [1.29, 1.82) is 0 Å². The minimum atomic E-state index is 0.0693. The number of phenols is 1. The maximum absolute atomic E-state index is 9.72. The van der Waals surface area contributed by atoms with Gasteiger partial charge in [0.2, 0.25) is 0 Å². The van der Waals surface area contributed by atoms with Crippen molar-refractivity contribution in [3.63, 3.8) is 0 Å². The Morgan fingerprint density at radius 3 is 3.00 bits per heavy atom. The van der Waals surface area contributed by atoms with Crippen LogP contribution >= 0.6 is 23.2 Å². The van der Waals surface area contributed by atoms with E-state index in [4.69, 9.17) is 23.2 Å². The van der Waals surface area contributed by atoms with Gasteiger partial charge in [-0.2, -0.15) is 5.10 Å². The molecule has 2 heterocycles. The minimum absolute atomic E-state index is 0.0693. The fraction of sp³-hybridized carbons (Fsp3) is 0.429. The predicted molar refractivity (Wildman–Crippen MR) is 81.8 cm³/mol. The van der Waals surface area contributed by atoms with Crippen molar-refractivity contribution < 1.29 is 5.11 Å². The smallest absolute Gasteiger partial charge is 0.137 e. The molecule has 0 unspecified atom stereocenters. The Balaban J connectivity index is 1.75. The number of hydrogen-bond donors (Lipinski definition) is 2. The van der Waals surface area contributed by atoms with Crippen LogP contribution in [0.2, 0.25) is 10.0 Å². The highest BCUT2D eigenvalue weighted by molar-refractivity contribution is 6.36. The molecular formula is C14H16Cl2N4O. The van der Waals surface area contributed by atoms with Gasteiger partial charge in [0.25, 0.3) is 0 Å². The van der Waals surface area contributed by atoms with Crippen LogP contribution in [0.4, 0.5) is 0 Å². The van der Waals surface area contributed by atoms with E-state index in [9.17, 15) is 5.11 Å². The summed E-state index contributed by atoms with van der Waals surface area (Å²) in [6.45, 7) is 2.47. The largest absolute Gasteiger partial charge is 0.506 e. The molecule has 0 radical (unpaired) electrons. The van der Waals surface area contributed by atoms with E-state index in [1.165, 1.54) is 12.4 Å². The molecule has 7 heteroatoms.